The number of benzene rings is 2. The van der Waals surface area contributed by atoms with Gasteiger partial charge in [0.15, 0.2) is 0 Å². The highest BCUT2D eigenvalue weighted by atomic mass is 16.5. The molecule has 1 heterocycles. The summed E-state index contributed by atoms with van der Waals surface area (Å²) in [5.41, 5.74) is 3.42. The highest BCUT2D eigenvalue weighted by molar-refractivity contribution is 5.87. The van der Waals surface area contributed by atoms with Crippen molar-refractivity contribution in [1.82, 2.24) is 10.2 Å². The molecule has 176 valence electrons. The summed E-state index contributed by atoms with van der Waals surface area (Å²) < 4.78 is 5.55. The van der Waals surface area contributed by atoms with Gasteiger partial charge in [-0.25, -0.2) is 4.79 Å². The molecule has 7 nitrogen and oxygen atoms in total. The number of carboxylic acid groups (broad SMARTS) is 1. The SMILES string of the molecule is C#CCC(NC(=O)OCC1c2ccccc2-c2ccccc21)C(=O)N1CCCC(C)(C(=O)O)C1. The molecule has 34 heavy (non-hydrogen) atoms. The van der Waals surface area contributed by atoms with Gasteiger partial charge in [-0.05, 0) is 42.0 Å². The summed E-state index contributed by atoms with van der Waals surface area (Å²) in [5, 5.41) is 12.1. The fraction of sp³-hybridized carbons (Fsp3) is 0.370. The first-order valence-corrected chi connectivity index (χ1v) is 11.4. The van der Waals surface area contributed by atoms with Crippen molar-refractivity contribution in [2.24, 2.45) is 5.41 Å². The van der Waals surface area contributed by atoms with Crippen molar-refractivity contribution in [2.45, 2.75) is 38.1 Å². The number of carbonyl (C=O) groups is 3. The summed E-state index contributed by atoms with van der Waals surface area (Å²) in [6.45, 7) is 2.26. The molecule has 1 saturated heterocycles. The van der Waals surface area contributed by atoms with Gasteiger partial charge in [-0.3, -0.25) is 9.59 Å². The molecule has 0 radical (unpaired) electrons. The number of piperidine rings is 1. The molecule has 1 aliphatic heterocycles. The van der Waals surface area contributed by atoms with Crippen LogP contribution in [0.1, 0.15) is 43.2 Å². The molecule has 2 atom stereocenters. The van der Waals surface area contributed by atoms with E-state index in [9.17, 15) is 19.5 Å². The van der Waals surface area contributed by atoms with Gasteiger partial charge in [0, 0.05) is 25.4 Å². The van der Waals surface area contributed by atoms with Gasteiger partial charge in [-0.15, -0.1) is 12.3 Å². The zero-order chi connectivity index (χ0) is 24.3. The van der Waals surface area contributed by atoms with E-state index in [0.717, 1.165) is 22.3 Å². The lowest BCUT2D eigenvalue weighted by atomic mass is 9.82. The lowest BCUT2D eigenvalue weighted by molar-refractivity contribution is -0.154. The van der Waals surface area contributed by atoms with Crippen molar-refractivity contribution in [3.8, 4) is 23.5 Å². The van der Waals surface area contributed by atoms with Crippen LogP contribution in [0.25, 0.3) is 11.1 Å². The Hall–Kier alpha value is -3.79. The van der Waals surface area contributed by atoms with Gasteiger partial charge in [-0.1, -0.05) is 48.5 Å². The average molecular weight is 461 g/mol. The zero-order valence-electron chi connectivity index (χ0n) is 19.1. The van der Waals surface area contributed by atoms with Crippen molar-refractivity contribution in [3.63, 3.8) is 0 Å². The highest BCUT2D eigenvalue weighted by Gasteiger charge is 2.41. The van der Waals surface area contributed by atoms with E-state index in [0.29, 0.717) is 19.4 Å². The smallest absolute Gasteiger partial charge is 0.407 e. The van der Waals surface area contributed by atoms with E-state index < -0.39 is 29.4 Å². The summed E-state index contributed by atoms with van der Waals surface area (Å²) in [6, 6.07) is 15.1. The van der Waals surface area contributed by atoms with E-state index in [4.69, 9.17) is 11.2 Å². The monoisotopic (exact) mass is 460 g/mol. The second-order valence-electron chi connectivity index (χ2n) is 9.16. The van der Waals surface area contributed by atoms with Crippen LogP contribution in [0.5, 0.6) is 0 Å². The molecule has 0 bridgehead atoms. The number of carboxylic acids is 1. The number of nitrogens with one attached hydrogen (secondary N) is 1. The van der Waals surface area contributed by atoms with Crippen LogP contribution in [0.4, 0.5) is 4.79 Å². The molecule has 1 aliphatic carbocycles. The van der Waals surface area contributed by atoms with E-state index in [1.165, 1.54) is 4.90 Å². The Morgan fingerprint density at radius 3 is 2.38 bits per heavy atom. The minimum atomic E-state index is -1.02. The van der Waals surface area contributed by atoms with E-state index in [1.54, 1.807) is 6.92 Å². The number of carbonyl (C=O) groups excluding carboxylic acids is 2. The maximum Gasteiger partial charge on any atom is 0.407 e. The summed E-state index contributed by atoms with van der Waals surface area (Å²) >= 11 is 0. The van der Waals surface area contributed by atoms with Crippen molar-refractivity contribution in [2.75, 3.05) is 19.7 Å². The lowest BCUT2D eigenvalue weighted by Crippen LogP contribution is -2.54. The number of nitrogens with zero attached hydrogens (tertiary/aromatic N) is 1. The molecule has 1 fully saturated rings. The molecular formula is C27H28N2O5. The Labute approximate surface area is 199 Å². The summed E-state index contributed by atoms with van der Waals surface area (Å²) in [5.74, 6) is 0.995. The Kier molecular flexibility index (Phi) is 6.60. The van der Waals surface area contributed by atoms with Crippen LogP contribution in [-0.2, 0) is 14.3 Å². The van der Waals surface area contributed by atoms with Crippen LogP contribution < -0.4 is 5.32 Å². The third-order valence-corrected chi connectivity index (χ3v) is 6.78. The number of hydrogen-bond donors (Lipinski definition) is 2. The molecule has 0 aromatic heterocycles. The summed E-state index contributed by atoms with van der Waals surface area (Å²) in [7, 11) is 0. The Morgan fingerprint density at radius 1 is 1.18 bits per heavy atom. The van der Waals surface area contributed by atoms with Crippen molar-refractivity contribution < 1.29 is 24.2 Å². The number of amides is 2. The maximum atomic E-state index is 13.1. The van der Waals surface area contributed by atoms with Gasteiger partial charge >= 0.3 is 12.1 Å². The third kappa shape index (κ3) is 4.49. The molecule has 2 amide bonds. The number of likely N-dealkylation sites (tertiary alicyclic amines) is 1. The number of ether oxygens (including phenoxy) is 1. The lowest BCUT2D eigenvalue weighted by Gasteiger charge is -2.38. The number of alkyl carbamates (subject to hydrolysis) is 1. The van der Waals surface area contributed by atoms with E-state index in [2.05, 4.69) is 23.4 Å². The number of terminal acetylenes is 1. The second kappa shape index (κ2) is 9.60. The Morgan fingerprint density at radius 2 is 1.79 bits per heavy atom. The molecule has 2 aliphatic rings. The van der Waals surface area contributed by atoms with Crippen LogP contribution in [0, 0.1) is 17.8 Å². The van der Waals surface area contributed by atoms with Crippen molar-refractivity contribution in [3.05, 3.63) is 59.7 Å². The molecule has 2 aromatic carbocycles. The van der Waals surface area contributed by atoms with Gasteiger partial charge < -0.3 is 20.1 Å². The standard InChI is InChI=1S/C27H28N2O5/c1-3-9-23(24(30)29-15-8-14-27(2,17-29)25(31)32)28-26(33)34-16-22-20-12-6-4-10-18(20)19-11-5-7-13-21(19)22/h1,4-7,10-13,22-23H,8-9,14-17H2,2H3,(H,28,33)(H,31,32). The van der Waals surface area contributed by atoms with Crippen LogP contribution >= 0.6 is 0 Å². The average Bonchev–Trinajstić information content (AvgIpc) is 3.16. The fourth-order valence-corrected chi connectivity index (χ4v) is 4.92. The number of rotatable bonds is 6. The summed E-state index contributed by atoms with van der Waals surface area (Å²) in [4.78, 5) is 38.9. The maximum absolute atomic E-state index is 13.1. The first-order valence-electron chi connectivity index (χ1n) is 11.4. The summed E-state index contributed by atoms with van der Waals surface area (Å²) in [6.07, 6.45) is 5.77. The fourth-order valence-electron chi connectivity index (χ4n) is 4.92. The quantitative estimate of drug-likeness (QED) is 0.642. The molecular weight excluding hydrogens is 432 g/mol. The van der Waals surface area contributed by atoms with Gasteiger partial charge in [0.2, 0.25) is 5.91 Å². The predicted octanol–water partition coefficient (Wildman–Crippen LogP) is 3.63. The molecule has 2 aromatic rings. The molecule has 2 N–H and O–H groups in total. The minimum Gasteiger partial charge on any atom is -0.481 e. The molecule has 0 saturated carbocycles. The van der Waals surface area contributed by atoms with Crippen molar-refractivity contribution >= 4 is 18.0 Å². The Balaban J connectivity index is 1.42. The number of aliphatic carboxylic acids is 1. The van der Waals surface area contributed by atoms with Gasteiger partial charge in [-0.2, -0.15) is 0 Å². The second-order valence-corrected chi connectivity index (χ2v) is 9.16. The molecule has 2 unspecified atom stereocenters. The molecule has 4 rings (SSSR count). The van der Waals surface area contributed by atoms with E-state index in [1.807, 2.05) is 36.4 Å². The van der Waals surface area contributed by atoms with Crippen LogP contribution in [-0.4, -0.2) is 53.7 Å². The number of fused-ring (bicyclic) bond motifs is 3. The first-order chi connectivity index (χ1) is 16.3. The predicted molar refractivity (Wildman–Crippen MR) is 127 cm³/mol. The van der Waals surface area contributed by atoms with E-state index in [-0.39, 0.29) is 25.5 Å². The normalized spacial score (nSPS) is 19.9. The van der Waals surface area contributed by atoms with Gasteiger partial charge in [0.05, 0.1) is 5.41 Å². The highest BCUT2D eigenvalue weighted by Crippen LogP contribution is 2.44. The van der Waals surface area contributed by atoms with Gasteiger partial charge in [0.1, 0.15) is 12.6 Å². The molecule has 7 heteroatoms. The topological polar surface area (TPSA) is 95.9 Å². The van der Waals surface area contributed by atoms with Crippen molar-refractivity contribution in [1.29, 1.82) is 0 Å². The zero-order valence-corrected chi connectivity index (χ0v) is 19.1. The first kappa shape index (κ1) is 23.4. The van der Waals surface area contributed by atoms with E-state index >= 15 is 0 Å². The van der Waals surface area contributed by atoms with Crippen LogP contribution in [0.3, 0.4) is 0 Å². The Bertz CT molecular complexity index is 1110. The van der Waals surface area contributed by atoms with Gasteiger partial charge in [0.25, 0.3) is 0 Å². The molecule has 0 spiro atoms. The third-order valence-electron chi connectivity index (χ3n) is 6.78. The van der Waals surface area contributed by atoms with Crippen LogP contribution in [0.2, 0.25) is 0 Å². The number of hydrogen-bond acceptors (Lipinski definition) is 4. The largest absolute Gasteiger partial charge is 0.481 e. The van der Waals surface area contributed by atoms with Crippen LogP contribution in [0.15, 0.2) is 48.5 Å². The minimum absolute atomic E-state index is 0.0106.